The standard InChI is InChI=1S/C24H19ClN2OS/c1-17-7-5-6-10-22(17)27-15-21(18-11-13-20(25)14-12-18)26-24(27)29-16-23(28)19-8-3-2-4-9-19/h2-15H,16H2,1H3. The quantitative estimate of drug-likeness (QED) is 0.265. The van der Waals surface area contributed by atoms with Crippen molar-refractivity contribution in [1.82, 2.24) is 9.55 Å². The Hall–Kier alpha value is -2.82. The van der Waals surface area contributed by atoms with Crippen molar-refractivity contribution in [2.24, 2.45) is 0 Å². The van der Waals surface area contributed by atoms with E-state index in [1.807, 2.05) is 72.9 Å². The Kier molecular flexibility index (Phi) is 5.84. The fourth-order valence-corrected chi connectivity index (χ4v) is 4.07. The number of aryl methyl sites for hydroxylation is 1. The molecule has 3 aromatic carbocycles. The van der Waals surface area contributed by atoms with Crippen LogP contribution in [0.1, 0.15) is 15.9 Å². The molecule has 0 unspecified atom stereocenters. The topological polar surface area (TPSA) is 34.9 Å². The molecule has 1 heterocycles. The van der Waals surface area contributed by atoms with Crippen LogP contribution < -0.4 is 0 Å². The molecule has 4 rings (SSSR count). The molecule has 3 nitrogen and oxygen atoms in total. The van der Waals surface area contributed by atoms with Crippen molar-refractivity contribution < 1.29 is 4.79 Å². The molecule has 0 bridgehead atoms. The van der Waals surface area contributed by atoms with E-state index >= 15 is 0 Å². The van der Waals surface area contributed by atoms with E-state index in [9.17, 15) is 4.79 Å². The molecule has 0 aliphatic heterocycles. The summed E-state index contributed by atoms with van der Waals surface area (Å²) in [4.78, 5) is 17.4. The molecule has 0 aliphatic rings. The van der Waals surface area contributed by atoms with Gasteiger partial charge in [0, 0.05) is 22.3 Å². The fraction of sp³-hybridized carbons (Fsp3) is 0.0833. The predicted molar refractivity (Wildman–Crippen MR) is 120 cm³/mol. The van der Waals surface area contributed by atoms with Gasteiger partial charge in [-0.3, -0.25) is 9.36 Å². The monoisotopic (exact) mass is 418 g/mol. The van der Waals surface area contributed by atoms with Gasteiger partial charge in [-0.25, -0.2) is 4.98 Å². The maximum Gasteiger partial charge on any atom is 0.173 e. The van der Waals surface area contributed by atoms with Gasteiger partial charge in [0.15, 0.2) is 10.9 Å². The average molecular weight is 419 g/mol. The highest BCUT2D eigenvalue weighted by molar-refractivity contribution is 7.99. The Morgan fingerprint density at radius 3 is 2.38 bits per heavy atom. The third-order valence-electron chi connectivity index (χ3n) is 4.62. The predicted octanol–water partition coefficient (Wildman–Crippen LogP) is 6.48. The largest absolute Gasteiger partial charge is 0.294 e. The first-order valence-electron chi connectivity index (χ1n) is 9.24. The second-order valence-electron chi connectivity index (χ2n) is 6.65. The van der Waals surface area contributed by atoms with Crippen LogP contribution in [0.3, 0.4) is 0 Å². The van der Waals surface area contributed by atoms with E-state index in [1.54, 1.807) is 0 Å². The Morgan fingerprint density at radius 1 is 0.966 bits per heavy atom. The average Bonchev–Trinajstić information content (AvgIpc) is 3.17. The van der Waals surface area contributed by atoms with Crippen molar-refractivity contribution in [3.05, 3.63) is 101 Å². The molecule has 5 heteroatoms. The van der Waals surface area contributed by atoms with E-state index < -0.39 is 0 Å². The molecule has 29 heavy (non-hydrogen) atoms. The van der Waals surface area contributed by atoms with Crippen LogP contribution in [0.2, 0.25) is 5.02 Å². The van der Waals surface area contributed by atoms with Crippen LogP contribution in [-0.2, 0) is 0 Å². The van der Waals surface area contributed by atoms with Gasteiger partial charge in [-0.1, -0.05) is 84.0 Å². The zero-order valence-corrected chi connectivity index (χ0v) is 17.5. The van der Waals surface area contributed by atoms with Gasteiger partial charge in [0.05, 0.1) is 17.1 Å². The van der Waals surface area contributed by atoms with Gasteiger partial charge in [0.25, 0.3) is 0 Å². The van der Waals surface area contributed by atoms with Crippen LogP contribution in [0.25, 0.3) is 16.9 Å². The smallest absolute Gasteiger partial charge is 0.173 e. The van der Waals surface area contributed by atoms with Gasteiger partial charge in [0.1, 0.15) is 0 Å². The van der Waals surface area contributed by atoms with Crippen LogP contribution in [0.5, 0.6) is 0 Å². The van der Waals surface area contributed by atoms with Crippen LogP contribution in [0.4, 0.5) is 0 Å². The van der Waals surface area contributed by atoms with Gasteiger partial charge < -0.3 is 0 Å². The van der Waals surface area contributed by atoms with Crippen molar-refractivity contribution in [3.63, 3.8) is 0 Å². The lowest BCUT2D eigenvalue weighted by atomic mass is 10.2. The van der Waals surface area contributed by atoms with Crippen molar-refractivity contribution in [1.29, 1.82) is 0 Å². The van der Waals surface area contributed by atoms with Gasteiger partial charge in [0.2, 0.25) is 0 Å². The van der Waals surface area contributed by atoms with Crippen LogP contribution in [0, 0.1) is 6.92 Å². The number of imidazole rings is 1. The number of Topliss-reactive ketones (excluding diaryl/α,β-unsaturated/α-hetero) is 1. The molecule has 0 atom stereocenters. The number of carbonyl (C=O) groups excluding carboxylic acids is 1. The molecule has 0 spiro atoms. The fourth-order valence-electron chi connectivity index (χ4n) is 3.07. The molecular weight excluding hydrogens is 400 g/mol. The van der Waals surface area contributed by atoms with E-state index in [-0.39, 0.29) is 5.78 Å². The molecule has 0 aliphatic carbocycles. The van der Waals surface area contributed by atoms with E-state index in [0.717, 1.165) is 27.7 Å². The first-order valence-corrected chi connectivity index (χ1v) is 10.6. The second-order valence-corrected chi connectivity index (χ2v) is 8.03. The summed E-state index contributed by atoms with van der Waals surface area (Å²) in [6, 6.07) is 25.1. The highest BCUT2D eigenvalue weighted by Crippen LogP contribution is 2.29. The number of thioether (sulfide) groups is 1. The third-order valence-corrected chi connectivity index (χ3v) is 5.82. The number of ketones is 1. The molecule has 0 radical (unpaired) electrons. The summed E-state index contributed by atoms with van der Waals surface area (Å²) in [6.45, 7) is 2.07. The number of hydrogen-bond acceptors (Lipinski definition) is 3. The number of benzene rings is 3. The van der Waals surface area contributed by atoms with E-state index in [4.69, 9.17) is 16.6 Å². The van der Waals surface area contributed by atoms with Crippen LogP contribution in [-0.4, -0.2) is 21.1 Å². The molecule has 4 aromatic rings. The summed E-state index contributed by atoms with van der Waals surface area (Å²) in [5.74, 6) is 0.412. The molecule has 0 saturated carbocycles. The zero-order valence-electron chi connectivity index (χ0n) is 15.9. The molecule has 0 saturated heterocycles. The SMILES string of the molecule is Cc1ccccc1-n1cc(-c2ccc(Cl)cc2)nc1SCC(=O)c1ccccc1. The highest BCUT2D eigenvalue weighted by atomic mass is 35.5. The molecule has 0 amide bonds. The summed E-state index contributed by atoms with van der Waals surface area (Å²) in [7, 11) is 0. The van der Waals surface area contributed by atoms with E-state index in [0.29, 0.717) is 16.3 Å². The lowest BCUT2D eigenvalue weighted by Crippen LogP contribution is -2.04. The van der Waals surface area contributed by atoms with Gasteiger partial charge in [-0.15, -0.1) is 0 Å². The Labute approximate surface area is 179 Å². The molecular formula is C24H19ClN2OS. The number of para-hydroxylation sites is 1. The van der Waals surface area contributed by atoms with E-state index in [2.05, 4.69) is 23.6 Å². The number of hydrogen-bond donors (Lipinski definition) is 0. The maximum atomic E-state index is 12.6. The molecule has 144 valence electrons. The lowest BCUT2D eigenvalue weighted by molar-refractivity contribution is 0.102. The summed E-state index contributed by atoms with van der Waals surface area (Å²) in [5, 5.41) is 1.48. The van der Waals surface area contributed by atoms with Crippen LogP contribution >= 0.6 is 23.4 Å². The van der Waals surface area contributed by atoms with Crippen molar-refractivity contribution in [3.8, 4) is 16.9 Å². The number of halogens is 1. The summed E-state index contributed by atoms with van der Waals surface area (Å²) >= 11 is 7.48. The van der Waals surface area contributed by atoms with Crippen LogP contribution in [0.15, 0.2) is 90.2 Å². The van der Waals surface area contributed by atoms with Crippen molar-refractivity contribution in [2.45, 2.75) is 12.1 Å². The van der Waals surface area contributed by atoms with Gasteiger partial charge in [-0.2, -0.15) is 0 Å². The normalized spacial score (nSPS) is 10.8. The van der Waals surface area contributed by atoms with E-state index in [1.165, 1.54) is 11.8 Å². The minimum absolute atomic E-state index is 0.0861. The number of rotatable bonds is 6. The summed E-state index contributed by atoms with van der Waals surface area (Å²) < 4.78 is 2.06. The Bertz CT molecular complexity index is 1140. The summed E-state index contributed by atoms with van der Waals surface area (Å²) in [6.07, 6.45) is 2.01. The zero-order chi connectivity index (χ0) is 20.2. The molecule has 0 N–H and O–H groups in total. The second kappa shape index (κ2) is 8.68. The van der Waals surface area contributed by atoms with Gasteiger partial charge in [-0.05, 0) is 30.7 Å². The number of aromatic nitrogens is 2. The van der Waals surface area contributed by atoms with Crippen molar-refractivity contribution in [2.75, 3.05) is 5.75 Å². The molecule has 1 aromatic heterocycles. The minimum Gasteiger partial charge on any atom is -0.294 e. The number of carbonyl (C=O) groups is 1. The first-order chi connectivity index (χ1) is 14.1. The minimum atomic E-state index is 0.0861. The summed E-state index contributed by atoms with van der Waals surface area (Å²) in [5.41, 5.74) is 4.74. The maximum absolute atomic E-state index is 12.6. The van der Waals surface area contributed by atoms with Crippen molar-refractivity contribution >= 4 is 29.1 Å². The number of nitrogens with zero attached hydrogens (tertiary/aromatic N) is 2. The Balaban J connectivity index is 1.68. The lowest BCUT2D eigenvalue weighted by Gasteiger charge is -2.10. The first kappa shape index (κ1) is 19.5. The molecule has 0 fully saturated rings. The highest BCUT2D eigenvalue weighted by Gasteiger charge is 2.15. The third kappa shape index (κ3) is 4.44. The Morgan fingerprint density at radius 2 is 1.66 bits per heavy atom. The van der Waals surface area contributed by atoms with Gasteiger partial charge >= 0.3 is 0 Å².